The van der Waals surface area contributed by atoms with E-state index in [0.717, 1.165) is 5.56 Å². The zero-order valence-electron chi connectivity index (χ0n) is 10.7. The van der Waals surface area contributed by atoms with Crippen LogP contribution in [0, 0.1) is 6.92 Å². The van der Waals surface area contributed by atoms with Crippen LogP contribution in [-0.2, 0) is 6.61 Å². The van der Waals surface area contributed by atoms with Crippen molar-refractivity contribution in [3.63, 3.8) is 0 Å². The molecule has 0 spiro atoms. The molecular weight excluding hydrogens is 299 g/mol. The molecule has 0 aliphatic rings. The summed E-state index contributed by atoms with van der Waals surface area (Å²) in [5, 5.41) is 12.9. The maximum absolute atomic E-state index is 12.1. The van der Waals surface area contributed by atoms with Crippen LogP contribution in [0.2, 0.25) is 10.0 Å². The number of hydrogen-bond donors (Lipinski definition) is 2. The molecule has 4 nitrogen and oxygen atoms in total. The van der Waals surface area contributed by atoms with E-state index in [1.165, 1.54) is 12.3 Å². The molecule has 2 aromatic rings. The molecule has 2 rings (SSSR count). The minimum absolute atomic E-state index is 0.143. The van der Waals surface area contributed by atoms with E-state index in [2.05, 4.69) is 10.3 Å². The highest BCUT2D eigenvalue weighted by molar-refractivity contribution is 6.31. The lowest BCUT2D eigenvalue weighted by molar-refractivity contribution is 0.101. The molecule has 0 atom stereocenters. The van der Waals surface area contributed by atoms with Gasteiger partial charge in [0.1, 0.15) is 5.69 Å². The van der Waals surface area contributed by atoms with Crippen LogP contribution in [0.1, 0.15) is 21.6 Å². The van der Waals surface area contributed by atoms with Gasteiger partial charge in [0.05, 0.1) is 11.6 Å². The SMILES string of the molecule is Cc1cc(NC(=O)c2ncc(Cl)cc2CO)ccc1Cl. The van der Waals surface area contributed by atoms with Crippen LogP contribution in [0.4, 0.5) is 5.69 Å². The first-order valence-corrected chi connectivity index (χ1v) is 6.59. The predicted molar refractivity (Wildman–Crippen MR) is 79.3 cm³/mol. The van der Waals surface area contributed by atoms with Gasteiger partial charge in [0.25, 0.3) is 5.91 Å². The number of aromatic nitrogens is 1. The summed E-state index contributed by atoms with van der Waals surface area (Å²) < 4.78 is 0. The van der Waals surface area contributed by atoms with Crippen LogP contribution >= 0.6 is 23.2 Å². The van der Waals surface area contributed by atoms with Crippen molar-refractivity contribution in [1.29, 1.82) is 0 Å². The Bertz CT molecular complexity index is 660. The highest BCUT2D eigenvalue weighted by Gasteiger charge is 2.13. The summed E-state index contributed by atoms with van der Waals surface area (Å²) in [7, 11) is 0. The summed E-state index contributed by atoms with van der Waals surface area (Å²) in [6, 6.07) is 6.67. The van der Waals surface area contributed by atoms with Gasteiger partial charge in [-0.2, -0.15) is 0 Å². The van der Waals surface area contributed by atoms with Gasteiger partial charge in [-0.15, -0.1) is 0 Å². The highest BCUT2D eigenvalue weighted by Crippen LogP contribution is 2.20. The van der Waals surface area contributed by atoms with Crippen molar-refractivity contribution in [3.8, 4) is 0 Å². The Labute approximate surface area is 126 Å². The van der Waals surface area contributed by atoms with Crippen LogP contribution in [0.15, 0.2) is 30.5 Å². The fourth-order valence-electron chi connectivity index (χ4n) is 1.72. The number of aliphatic hydroxyl groups excluding tert-OH is 1. The maximum Gasteiger partial charge on any atom is 0.274 e. The number of aliphatic hydroxyl groups is 1. The normalized spacial score (nSPS) is 10.4. The number of aryl methyl sites for hydroxylation is 1. The molecule has 0 fully saturated rings. The van der Waals surface area contributed by atoms with Gasteiger partial charge in [-0.25, -0.2) is 4.98 Å². The zero-order valence-corrected chi connectivity index (χ0v) is 12.2. The van der Waals surface area contributed by atoms with Gasteiger partial charge < -0.3 is 10.4 Å². The first-order valence-electron chi connectivity index (χ1n) is 5.84. The number of benzene rings is 1. The van der Waals surface area contributed by atoms with E-state index in [9.17, 15) is 9.90 Å². The molecule has 1 heterocycles. The molecule has 6 heteroatoms. The summed E-state index contributed by atoms with van der Waals surface area (Å²) in [4.78, 5) is 16.1. The smallest absolute Gasteiger partial charge is 0.274 e. The Morgan fingerprint density at radius 2 is 2.10 bits per heavy atom. The van der Waals surface area contributed by atoms with Crippen LogP contribution in [-0.4, -0.2) is 16.0 Å². The maximum atomic E-state index is 12.1. The van der Waals surface area contributed by atoms with Crippen molar-refractivity contribution in [2.24, 2.45) is 0 Å². The van der Waals surface area contributed by atoms with E-state index in [1.54, 1.807) is 18.2 Å². The zero-order chi connectivity index (χ0) is 14.7. The fourth-order valence-corrected chi connectivity index (χ4v) is 2.02. The summed E-state index contributed by atoms with van der Waals surface area (Å²) in [6.07, 6.45) is 1.36. The summed E-state index contributed by atoms with van der Waals surface area (Å²) in [6.45, 7) is 1.54. The number of rotatable bonds is 3. The molecule has 0 bridgehead atoms. The van der Waals surface area contributed by atoms with Crippen molar-refractivity contribution in [2.45, 2.75) is 13.5 Å². The van der Waals surface area contributed by atoms with Crippen molar-refractivity contribution < 1.29 is 9.90 Å². The molecule has 0 radical (unpaired) electrons. The van der Waals surface area contributed by atoms with Crippen LogP contribution in [0.25, 0.3) is 0 Å². The molecule has 0 unspecified atom stereocenters. The van der Waals surface area contributed by atoms with E-state index >= 15 is 0 Å². The number of hydrogen-bond acceptors (Lipinski definition) is 3. The van der Waals surface area contributed by atoms with Crippen molar-refractivity contribution in [1.82, 2.24) is 4.98 Å². The van der Waals surface area contributed by atoms with Crippen molar-refractivity contribution in [2.75, 3.05) is 5.32 Å². The summed E-state index contributed by atoms with van der Waals surface area (Å²) in [5.74, 6) is -0.410. The molecule has 1 aromatic heterocycles. The molecule has 0 saturated carbocycles. The van der Waals surface area contributed by atoms with Gasteiger partial charge in [-0.05, 0) is 36.8 Å². The van der Waals surface area contributed by atoms with Crippen LogP contribution < -0.4 is 5.32 Å². The third-order valence-corrected chi connectivity index (χ3v) is 3.37. The number of carbonyl (C=O) groups is 1. The van der Waals surface area contributed by atoms with Gasteiger partial charge in [0.15, 0.2) is 0 Å². The van der Waals surface area contributed by atoms with Crippen molar-refractivity contribution >= 4 is 34.8 Å². The summed E-state index contributed by atoms with van der Waals surface area (Å²) in [5.41, 5.74) is 1.98. The molecule has 104 valence electrons. The molecule has 0 aliphatic carbocycles. The quantitative estimate of drug-likeness (QED) is 0.912. The lowest BCUT2D eigenvalue weighted by Crippen LogP contribution is -2.16. The lowest BCUT2D eigenvalue weighted by atomic mass is 10.1. The summed E-state index contributed by atoms with van der Waals surface area (Å²) >= 11 is 11.7. The number of nitrogens with zero attached hydrogens (tertiary/aromatic N) is 1. The van der Waals surface area contributed by atoms with E-state index in [0.29, 0.717) is 21.3 Å². The lowest BCUT2D eigenvalue weighted by Gasteiger charge is -2.09. The monoisotopic (exact) mass is 310 g/mol. The Balaban J connectivity index is 2.25. The second-order valence-corrected chi connectivity index (χ2v) is 5.08. The van der Waals surface area contributed by atoms with E-state index < -0.39 is 5.91 Å². The van der Waals surface area contributed by atoms with Crippen molar-refractivity contribution in [3.05, 3.63) is 57.3 Å². The Morgan fingerprint density at radius 1 is 1.35 bits per heavy atom. The first-order chi connectivity index (χ1) is 9.51. The van der Waals surface area contributed by atoms with Gasteiger partial charge in [0, 0.05) is 22.5 Å². The highest BCUT2D eigenvalue weighted by atomic mass is 35.5. The largest absolute Gasteiger partial charge is 0.392 e. The van der Waals surface area contributed by atoms with Gasteiger partial charge in [0.2, 0.25) is 0 Å². The third-order valence-electron chi connectivity index (χ3n) is 2.73. The number of nitrogens with one attached hydrogen (secondary N) is 1. The van der Waals surface area contributed by atoms with Gasteiger partial charge in [-0.1, -0.05) is 23.2 Å². The number of amides is 1. The molecule has 2 N–H and O–H groups in total. The fraction of sp³-hybridized carbons (Fsp3) is 0.143. The average Bonchev–Trinajstić information content (AvgIpc) is 2.42. The molecule has 1 aromatic carbocycles. The second-order valence-electron chi connectivity index (χ2n) is 4.24. The molecule has 20 heavy (non-hydrogen) atoms. The number of pyridine rings is 1. The Hall–Kier alpha value is -1.62. The van der Waals surface area contributed by atoms with E-state index in [4.69, 9.17) is 23.2 Å². The first kappa shape index (κ1) is 14.8. The standard InChI is InChI=1S/C14H12Cl2N2O2/c1-8-4-11(2-3-12(8)16)18-14(20)13-9(7-19)5-10(15)6-17-13/h2-6,19H,7H2,1H3,(H,18,20). The second kappa shape index (κ2) is 6.22. The van der Waals surface area contributed by atoms with E-state index in [-0.39, 0.29) is 12.3 Å². The topological polar surface area (TPSA) is 62.2 Å². The molecule has 0 aliphatic heterocycles. The minimum atomic E-state index is -0.410. The molecule has 0 saturated heterocycles. The van der Waals surface area contributed by atoms with Gasteiger partial charge in [-0.3, -0.25) is 4.79 Å². The van der Waals surface area contributed by atoms with E-state index in [1.807, 2.05) is 6.92 Å². The number of halogens is 2. The minimum Gasteiger partial charge on any atom is -0.392 e. The average molecular weight is 311 g/mol. The Kier molecular flexibility index (Phi) is 4.60. The van der Waals surface area contributed by atoms with Crippen LogP contribution in [0.5, 0.6) is 0 Å². The predicted octanol–water partition coefficient (Wildman–Crippen LogP) is 3.44. The molecular formula is C14H12Cl2N2O2. The third kappa shape index (κ3) is 3.28. The van der Waals surface area contributed by atoms with Crippen LogP contribution in [0.3, 0.4) is 0 Å². The van der Waals surface area contributed by atoms with Gasteiger partial charge >= 0.3 is 0 Å². The number of carbonyl (C=O) groups excluding carboxylic acids is 1. The number of anilines is 1. The molecule has 1 amide bonds. The Morgan fingerprint density at radius 3 is 2.75 bits per heavy atom.